The van der Waals surface area contributed by atoms with Crippen LogP contribution in [0.15, 0.2) is 36.5 Å². The van der Waals surface area contributed by atoms with Gasteiger partial charge in [-0.05, 0) is 30.3 Å². The highest BCUT2D eigenvalue weighted by Gasteiger charge is 2.05. The van der Waals surface area contributed by atoms with E-state index in [0.717, 1.165) is 6.29 Å². The quantitative estimate of drug-likeness (QED) is 0.605. The first-order valence-corrected chi connectivity index (χ1v) is 5.92. The summed E-state index contributed by atoms with van der Waals surface area (Å²) in [6, 6.07) is 8.51. The van der Waals surface area contributed by atoms with E-state index in [4.69, 9.17) is 35.4 Å². The van der Waals surface area contributed by atoms with Crippen LogP contribution in [0.1, 0.15) is 10.4 Å². The number of rotatable bonds is 2. The van der Waals surface area contributed by atoms with Crippen LogP contribution in [-0.4, -0.2) is 10.9 Å². The Kier molecular flexibility index (Phi) is 3.62. The van der Waals surface area contributed by atoms with E-state index in [0.29, 0.717) is 25.9 Å². The molecule has 0 fully saturated rings. The van der Waals surface area contributed by atoms with Crippen LogP contribution in [0.2, 0.25) is 10.0 Å². The molecule has 0 aliphatic carbocycles. The first-order chi connectivity index (χ1) is 8.13. The first kappa shape index (κ1) is 12.3. The summed E-state index contributed by atoms with van der Waals surface area (Å²) >= 11 is 17.1. The Hall–Kier alpha value is -1.16. The molecule has 0 amide bonds. The van der Waals surface area contributed by atoms with Crippen LogP contribution in [0, 0.1) is 4.64 Å². The van der Waals surface area contributed by atoms with Crippen LogP contribution >= 0.6 is 35.4 Å². The summed E-state index contributed by atoms with van der Waals surface area (Å²) in [4.78, 5) is 10.8. The molecule has 1 heterocycles. The number of nitrogens with zero attached hydrogens (tertiary/aromatic N) is 1. The molecule has 0 aliphatic rings. The fourth-order valence-corrected chi connectivity index (χ4v) is 2.24. The molecule has 1 aromatic carbocycles. The lowest BCUT2D eigenvalue weighted by atomic mass is 10.2. The topological polar surface area (TPSA) is 22.0 Å². The molecule has 0 N–H and O–H groups in total. The van der Waals surface area contributed by atoms with Gasteiger partial charge in [0.1, 0.15) is 4.64 Å². The molecule has 0 atom stereocenters. The number of hydrogen-bond acceptors (Lipinski definition) is 2. The average Bonchev–Trinajstić information content (AvgIpc) is 2.30. The molecule has 1 aromatic heterocycles. The second kappa shape index (κ2) is 5.00. The molecule has 0 spiro atoms. The third-order valence-corrected chi connectivity index (χ3v) is 3.24. The van der Waals surface area contributed by atoms with E-state index < -0.39 is 0 Å². The van der Waals surface area contributed by atoms with E-state index in [1.807, 2.05) is 0 Å². The summed E-state index contributed by atoms with van der Waals surface area (Å²) in [6.07, 6.45) is 2.48. The highest BCUT2D eigenvalue weighted by atomic mass is 35.5. The molecular formula is C12H7Cl2NOS. The van der Waals surface area contributed by atoms with Crippen molar-refractivity contribution >= 4 is 41.7 Å². The van der Waals surface area contributed by atoms with Crippen LogP contribution in [-0.2, 0) is 0 Å². The number of benzene rings is 1. The van der Waals surface area contributed by atoms with Crippen molar-refractivity contribution in [1.29, 1.82) is 0 Å². The van der Waals surface area contributed by atoms with Gasteiger partial charge < -0.3 is 4.57 Å². The van der Waals surface area contributed by atoms with Gasteiger partial charge >= 0.3 is 0 Å². The number of carbonyl (C=O) groups excluding carboxylic acids is 1. The van der Waals surface area contributed by atoms with Crippen molar-refractivity contribution < 1.29 is 4.79 Å². The lowest BCUT2D eigenvalue weighted by Gasteiger charge is -2.09. The molecule has 5 heteroatoms. The Morgan fingerprint density at radius 1 is 1.24 bits per heavy atom. The average molecular weight is 284 g/mol. The zero-order chi connectivity index (χ0) is 12.4. The van der Waals surface area contributed by atoms with Gasteiger partial charge in [0.05, 0.1) is 10.7 Å². The molecule has 2 nitrogen and oxygen atoms in total. The second-order valence-electron chi connectivity index (χ2n) is 3.35. The van der Waals surface area contributed by atoms with Gasteiger partial charge in [-0.25, -0.2) is 0 Å². The highest BCUT2D eigenvalue weighted by molar-refractivity contribution is 7.71. The van der Waals surface area contributed by atoms with E-state index in [1.165, 1.54) is 0 Å². The predicted molar refractivity (Wildman–Crippen MR) is 72.0 cm³/mol. The van der Waals surface area contributed by atoms with Crippen molar-refractivity contribution in [2.75, 3.05) is 0 Å². The molecular weight excluding hydrogens is 277 g/mol. The van der Waals surface area contributed by atoms with Gasteiger partial charge in [0, 0.05) is 16.8 Å². The SMILES string of the molecule is O=Cc1cccn(-c2ccc(Cl)cc2Cl)c1=S. The lowest BCUT2D eigenvalue weighted by molar-refractivity contribution is 0.112. The van der Waals surface area contributed by atoms with E-state index in [9.17, 15) is 4.79 Å². The maximum atomic E-state index is 10.8. The highest BCUT2D eigenvalue weighted by Crippen LogP contribution is 2.24. The zero-order valence-corrected chi connectivity index (χ0v) is 10.9. The monoisotopic (exact) mass is 283 g/mol. The van der Waals surface area contributed by atoms with Crippen LogP contribution in [0.25, 0.3) is 5.69 Å². The molecule has 0 radical (unpaired) electrons. The molecule has 0 unspecified atom stereocenters. The van der Waals surface area contributed by atoms with Crippen molar-refractivity contribution in [2.45, 2.75) is 0 Å². The fraction of sp³-hybridized carbons (Fsp3) is 0. The third kappa shape index (κ3) is 2.41. The number of pyridine rings is 1. The summed E-state index contributed by atoms with van der Waals surface area (Å²) in [6.45, 7) is 0. The fourth-order valence-electron chi connectivity index (χ4n) is 1.47. The lowest BCUT2D eigenvalue weighted by Crippen LogP contribution is -2.00. The molecule has 0 saturated carbocycles. The summed E-state index contributed by atoms with van der Waals surface area (Å²) in [5.74, 6) is 0. The minimum absolute atomic E-state index is 0.423. The number of aromatic nitrogens is 1. The predicted octanol–water partition coefficient (Wildman–Crippen LogP) is 4.33. The van der Waals surface area contributed by atoms with Gasteiger partial charge in [-0.3, -0.25) is 4.79 Å². The van der Waals surface area contributed by atoms with Crippen molar-refractivity contribution in [3.63, 3.8) is 0 Å². The van der Waals surface area contributed by atoms with Gasteiger partial charge in [0.15, 0.2) is 6.29 Å². The van der Waals surface area contributed by atoms with Gasteiger partial charge in [-0.1, -0.05) is 35.4 Å². The molecule has 86 valence electrons. The standard InChI is InChI=1S/C12H7Cl2NOS/c13-9-3-4-11(10(14)6-9)15-5-1-2-8(7-16)12(15)17/h1-7H. The van der Waals surface area contributed by atoms with Crippen LogP contribution < -0.4 is 0 Å². The van der Waals surface area contributed by atoms with E-state index in [1.54, 1.807) is 41.1 Å². The largest absolute Gasteiger partial charge is 0.306 e. The van der Waals surface area contributed by atoms with Gasteiger partial charge in [0.25, 0.3) is 0 Å². The first-order valence-electron chi connectivity index (χ1n) is 4.76. The smallest absolute Gasteiger partial charge is 0.153 e. The summed E-state index contributed by atoms with van der Waals surface area (Å²) in [7, 11) is 0. The zero-order valence-electron chi connectivity index (χ0n) is 8.56. The van der Waals surface area contributed by atoms with Gasteiger partial charge in [-0.15, -0.1) is 0 Å². The van der Waals surface area contributed by atoms with Gasteiger partial charge in [0.2, 0.25) is 0 Å². The third-order valence-electron chi connectivity index (χ3n) is 2.27. The molecule has 2 rings (SSSR count). The molecule has 0 bridgehead atoms. The summed E-state index contributed by atoms with van der Waals surface area (Å²) in [5.41, 5.74) is 1.15. The van der Waals surface area contributed by atoms with E-state index in [-0.39, 0.29) is 0 Å². The number of aldehydes is 1. The number of hydrogen-bond donors (Lipinski definition) is 0. The Morgan fingerprint density at radius 2 is 2.00 bits per heavy atom. The van der Waals surface area contributed by atoms with Crippen LogP contribution in [0.3, 0.4) is 0 Å². The van der Waals surface area contributed by atoms with Crippen molar-refractivity contribution in [3.05, 3.63) is 56.8 Å². The molecule has 0 aliphatic heterocycles. The summed E-state index contributed by atoms with van der Waals surface area (Å²) in [5, 5.41) is 1.04. The maximum absolute atomic E-state index is 10.8. The molecule has 0 saturated heterocycles. The van der Waals surface area contributed by atoms with Crippen molar-refractivity contribution in [2.24, 2.45) is 0 Å². The minimum Gasteiger partial charge on any atom is -0.306 e. The molecule has 17 heavy (non-hydrogen) atoms. The Balaban J connectivity index is 2.69. The van der Waals surface area contributed by atoms with Gasteiger partial charge in [-0.2, -0.15) is 0 Å². The van der Waals surface area contributed by atoms with Crippen LogP contribution in [0.4, 0.5) is 0 Å². The molecule has 2 aromatic rings. The second-order valence-corrected chi connectivity index (χ2v) is 4.58. The Morgan fingerprint density at radius 3 is 2.65 bits per heavy atom. The minimum atomic E-state index is 0.423. The number of carbonyl (C=O) groups is 1. The Bertz CT molecular complexity index is 637. The van der Waals surface area contributed by atoms with Crippen molar-refractivity contribution in [1.82, 2.24) is 4.57 Å². The summed E-state index contributed by atoms with van der Waals surface area (Å²) < 4.78 is 2.10. The number of halogens is 2. The van der Waals surface area contributed by atoms with Crippen molar-refractivity contribution in [3.8, 4) is 5.69 Å². The Labute approximate surface area is 113 Å². The van der Waals surface area contributed by atoms with E-state index >= 15 is 0 Å². The maximum Gasteiger partial charge on any atom is 0.153 e. The van der Waals surface area contributed by atoms with Crippen LogP contribution in [0.5, 0.6) is 0 Å². The van der Waals surface area contributed by atoms with E-state index in [2.05, 4.69) is 0 Å². The normalized spacial score (nSPS) is 10.2.